The molecule has 4 aromatic carbocycles. The van der Waals surface area contributed by atoms with Gasteiger partial charge in [0.05, 0.1) is 5.58 Å². The van der Waals surface area contributed by atoms with Crippen molar-refractivity contribution in [3.63, 3.8) is 0 Å². The minimum absolute atomic E-state index is 0. The van der Waals surface area contributed by atoms with E-state index in [0.717, 1.165) is 49.9 Å². The number of aromatic nitrogens is 2. The molecule has 50 heavy (non-hydrogen) atoms. The number of benzene rings is 4. The van der Waals surface area contributed by atoms with Crippen molar-refractivity contribution in [3.8, 4) is 33.6 Å². The summed E-state index contributed by atoms with van der Waals surface area (Å²) in [7, 11) is 0. The Morgan fingerprint density at radius 1 is 0.780 bits per heavy atom. The van der Waals surface area contributed by atoms with E-state index in [1.165, 1.54) is 9.96 Å². The quantitative estimate of drug-likeness (QED) is 0.123. The van der Waals surface area contributed by atoms with Gasteiger partial charge in [0, 0.05) is 40.0 Å². The van der Waals surface area contributed by atoms with Crippen molar-refractivity contribution in [2.45, 2.75) is 64.2 Å². The zero-order valence-electron chi connectivity index (χ0n) is 32.2. The van der Waals surface area contributed by atoms with Crippen LogP contribution in [0.3, 0.4) is 0 Å². The minimum Gasteiger partial charge on any atom is 0 e. The molecule has 7 rings (SSSR count). The Labute approximate surface area is 317 Å². The first kappa shape index (κ1) is 34.6. The summed E-state index contributed by atoms with van der Waals surface area (Å²) >= 11 is -1.72. The van der Waals surface area contributed by atoms with E-state index in [2.05, 4.69) is 102 Å². The smallest absolute Gasteiger partial charge is 0 e. The van der Waals surface area contributed by atoms with Gasteiger partial charge in [-0.3, -0.25) is 0 Å². The molecule has 257 valence electrons. The molecule has 0 atom stereocenters. The predicted octanol–water partition coefficient (Wildman–Crippen LogP) is 11.9. The summed E-state index contributed by atoms with van der Waals surface area (Å²) in [5, 5.41) is 2.06. The summed E-state index contributed by atoms with van der Waals surface area (Å²) in [6, 6.07) is 41.1. The standard InChI is InChI=1S/C31H30NO.C14H16GeN.Ir/c1-20(2)23-14-15-25-24-12-9-13-26(27-18-21(16-17-32-27)19-31(3,4)5)29(24)33-30(25)28(23)22-10-7-6-8-11-22;1-15(2,3)13-9-10-14(16-11-13)12-7-5-4-6-8-12;/h6-12,14-18,20H,19H2,1-5H3;4-7,9-11H,1-3H3;/q2*-1;/i19D2;;. The summed E-state index contributed by atoms with van der Waals surface area (Å²) in [6.07, 6.45) is 2.20. The molecule has 0 fully saturated rings. The van der Waals surface area contributed by atoms with Crippen molar-refractivity contribution in [3.05, 3.63) is 139 Å². The van der Waals surface area contributed by atoms with Crippen LogP contribution in [-0.4, -0.2) is 23.2 Å². The van der Waals surface area contributed by atoms with Crippen LogP contribution < -0.4 is 4.40 Å². The van der Waals surface area contributed by atoms with E-state index in [1.807, 2.05) is 75.5 Å². The first-order chi connectivity index (χ1) is 24.2. The van der Waals surface area contributed by atoms with Crippen LogP contribution in [0.2, 0.25) is 17.3 Å². The summed E-state index contributed by atoms with van der Waals surface area (Å²) < 4.78 is 25.5. The van der Waals surface area contributed by atoms with E-state index in [1.54, 1.807) is 12.3 Å². The molecular formula is C45H46GeIrN2O-2. The zero-order chi connectivity index (χ0) is 36.6. The number of furan rings is 1. The molecule has 0 saturated heterocycles. The van der Waals surface area contributed by atoms with Crippen molar-refractivity contribution in [1.29, 1.82) is 0 Å². The molecule has 0 aliphatic heterocycles. The maximum atomic E-state index is 8.72. The molecular weight excluding hydrogens is 849 g/mol. The maximum Gasteiger partial charge on any atom is 0 e. The second kappa shape index (κ2) is 15.6. The van der Waals surface area contributed by atoms with Gasteiger partial charge < -0.3 is 9.40 Å². The van der Waals surface area contributed by atoms with Crippen LogP contribution in [0.25, 0.3) is 55.6 Å². The van der Waals surface area contributed by atoms with Gasteiger partial charge in [0.25, 0.3) is 0 Å². The largest absolute Gasteiger partial charge is 0 e. The van der Waals surface area contributed by atoms with Gasteiger partial charge in [-0.2, -0.15) is 0 Å². The second-order valence-electron chi connectivity index (χ2n) is 14.9. The van der Waals surface area contributed by atoms with E-state index in [4.69, 9.17) is 7.16 Å². The van der Waals surface area contributed by atoms with Gasteiger partial charge in [0.15, 0.2) is 0 Å². The van der Waals surface area contributed by atoms with E-state index in [0.29, 0.717) is 17.2 Å². The van der Waals surface area contributed by atoms with Gasteiger partial charge in [0.2, 0.25) is 0 Å². The topological polar surface area (TPSA) is 38.9 Å². The summed E-state index contributed by atoms with van der Waals surface area (Å²) in [4.78, 5) is 9.12. The Hall–Kier alpha value is -3.83. The molecule has 0 aliphatic carbocycles. The summed E-state index contributed by atoms with van der Waals surface area (Å²) in [5.41, 5.74) is 8.60. The second-order valence-corrected chi connectivity index (χ2v) is 25.5. The number of nitrogens with zero attached hydrogens (tertiary/aromatic N) is 2. The van der Waals surface area contributed by atoms with Gasteiger partial charge in [-0.1, -0.05) is 99.7 Å². The number of rotatable bonds is 6. The van der Waals surface area contributed by atoms with Crippen molar-refractivity contribution in [2.24, 2.45) is 5.41 Å². The molecule has 0 bridgehead atoms. The zero-order valence-corrected chi connectivity index (χ0v) is 34.7. The Bertz CT molecular complexity index is 2270. The van der Waals surface area contributed by atoms with Crippen LogP contribution in [-0.2, 0) is 26.5 Å². The third-order valence-corrected chi connectivity index (χ3v) is 12.7. The first-order valence-corrected chi connectivity index (χ1v) is 24.4. The van der Waals surface area contributed by atoms with E-state index in [9.17, 15) is 0 Å². The van der Waals surface area contributed by atoms with Gasteiger partial charge in [-0.05, 0) is 40.6 Å². The van der Waals surface area contributed by atoms with Gasteiger partial charge >= 0.3 is 99.8 Å². The average molecular weight is 898 g/mol. The fourth-order valence-corrected chi connectivity index (χ4v) is 8.19. The molecule has 3 aromatic heterocycles. The normalized spacial score (nSPS) is 12.6. The molecule has 1 radical (unpaired) electrons. The van der Waals surface area contributed by atoms with E-state index in [-0.39, 0.29) is 20.1 Å². The Morgan fingerprint density at radius 3 is 2.16 bits per heavy atom. The number of hydrogen-bond acceptors (Lipinski definition) is 3. The molecule has 0 saturated carbocycles. The number of hydrogen-bond donors (Lipinski definition) is 0. The van der Waals surface area contributed by atoms with Crippen LogP contribution in [0.1, 0.15) is 54.4 Å². The number of fused-ring (bicyclic) bond motifs is 3. The Balaban J connectivity index is 0.000000258. The molecule has 0 spiro atoms. The third kappa shape index (κ3) is 8.54. The fourth-order valence-electron chi connectivity index (χ4n) is 6.02. The first-order valence-electron chi connectivity index (χ1n) is 18.0. The van der Waals surface area contributed by atoms with Crippen molar-refractivity contribution < 1.29 is 27.3 Å². The fraction of sp³-hybridized carbons (Fsp3) is 0.244. The van der Waals surface area contributed by atoms with Gasteiger partial charge in [0.1, 0.15) is 5.58 Å². The summed E-state index contributed by atoms with van der Waals surface area (Å²) in [6.45, 7) is 10.1. The molecule has 0 unspecified atom stereocenters. The maximum absolute atomic E-state index is 8.72. The minimum atomic E-state index is -1.72. The Morgan fingerprint density at radius 2 is 1.52 bits per heavy atom. The predicted molar refractivity (Wildman–Crippen MR) is 210 cm³/mol. The SMILES string of the molecule is [2H]C([2H])(c1ccnc(-c2[c-]ccc3c2oc2c(-c4ccccc4)c(C(C)C)ccc23)c1)C(C)(C)C.[CH3][Ge]([CH3])([CH3])[c]1ccc(-c2[c-]cccc2)nc1.[Ir]. The van der Waals surface area contributed by atoms with Crippen LogP contribution in [0.4, 0.5) is 0 Å². The monoisotopic (exact) mass is 899 g/mol. The third-order valence-electron chi connectivity index (χ3n) is 8.47. The Kier molecular flexibility index (Phi) is 10.8. The molecule has 3 heterocycles. The molecule has 0 N–H and O–H groups in total. The molecule has 0 amide bonds. The van der Waals surface area contributed by atoms with Crippen LogP contribution >= 0.6 is 0 Å². The van der Waals surface area contributed by atoms with Crippen molar-refractivity contribution in [2.75, 3.05) is 0 Å². The average Bonchev–Trinajstić information content (AvgIpc) is 3.50. The van der Waals surface area contributed by atoms with Crippen LogP contribution in [0.15, 0.2) is 120 Å². The molecule has 3 nitrogen and oxygen atoms in total. The van der Waals surface area contributed by atoms with Gasteiger partial charge in [-0.25, -0.2) is 0 Å². The van der Waals surface area contributed by atoms with E-state index < -0.39 is 25.1 Å². The van der Waals surface area contributed by atoms with Crippen LogP contribution in [0, 0.1) is 17.5 Å². The van der Waals surface area contributed by atoms with Gasteiger partial charge in [-0.15, -0.1) is 18.2 Å². The molecule has 7 aromatic rings. The van der Waals surface area contributed by atoms with Crippen LogP contribution in [0.5, 0.6) is 0 Å². The summed E-state index contributed by atoms with van der Waals surface area (Å²) in [5.74, 6) is 7.48. The molecule has 5 heteroatoms. The van der Waals surface area contributed by atoms with Crippen molar-refractivity contribution >= 4 is 39.6 Å². The number of pyridine rings is 2. The van der Waals surface area contributed by atoms with E-state index >= 15 is 0 Å². The van der Waals surface area contributed by atoms with Crippen molar-refractivity contribution in [1.82, 2.24) is 9.97 Å². The molecule has 0 aliphatic rings.